The summed E-state index contributed by atoms with van der Waals surface area (Å²) in [7, 11) is 1.99. The van der Waals surface area contributed by atoms with Crippen LogP contribution in [0.5, 0.6) is 0 Å². The van der Waals surface area contributed by atoms with Crippen LogP contribution in [0.25, 0.3) is 0 Å². The molecule has 0 radical (unpaired) electrons. The summed E-state index contributed by atoms with van der Waals surface area (Å²) in [5.74, 6) is 0.429. The number of anilines is 1. The average Bonchev–Trinajstić information content (AvgIpc) is 2.24. The van der Waals surface area contributed by atoms with Crippen molar-refractivity contribution < 1.29 is 4.39 Å². The Morgan fingerprint density at radius 3 is 2.47 bits per heavy atom. The van der Waals surface area contributed by atoms with Gasteiger partial charge >= 0.3 is 0 Å². The van der Waals surface area contributed by atoms with Crippen LogP contribution in [0.15, 0.2) is 18.2 Å². The van der Waals surface area contributed by atoms with Crippen molar-refractivity contribution in [2.24, 2.45) is 11.7 Å². The summed E-state index contributed by atoms with van der Waals surface area (Å²) < 4.78 is 13.8. The molecule has 3 heteroatoms. The first kappa shape index (κ1) is 14.0. The van der Waals surface area contributed by atoms with E-state index in [-0.39, 0.29) is 11.9 Å². The van der Waals surface area contributed by atoms with Crippen molar-refractivity contribution in [3.8, 4) is 0 Å². The Labute approximate surface area is 104 Å². The van der Waals surface area contributed by atoms with Gasteiger partial charge in [0.05, 0.1) is 0 Å². The van der Waals surface area contributed by atoms with E-state index in [9.17, 15) is 4.39 Å². The molecule has 0 unspecified atom stereocenters. The number of benzene rings is 1. The minimum Gasteiger partial charge on any atom is -0.374 e. The zero-order valence-corrected chi connectivity index (χ0v) is 11.2. The maximum atomic E-state index is 13.8. The van der Waals surface area contributed by atoms with Gasteiger partial charge in [0.1, 0.15) is 5.82 Å². The predicted octanol–water partition coefficient (Wildman–Crippen LogP) is 3.33. The van der Waals surface area contributed by atoms with E-state index >= 15 is 0 Å². The van der Waals surface area contributed by atoms with Crippen molar-refractivity contribution in [2.75, 3.05) is 18.5 Å². The maximum Gasteiger partial charge on any atom is 0.130 e. The van der Waals surface area contributed by atoms with Gasteiger partial charge in [-0.25, -0.2) is 4.39 Å². The molecule has 1 atom stereocenters. The molecule has 1 rings (SSSR count). The van der Waals surface area contributed by atoms with Crippen molar-refractivity contribution >= 4 is 5.69 Å². The third-order valence-corrected chi connectivity index (χ3v) is 2.94. The van der Waals surface area contributed by atoms with E-state index < -0.39 is 0 Å². The van der Waals surface area contributed by atoms with Crippen LogP contribution in [0.3, 0.4) is 0 Å². The SMILES string of the molecule is CC(C)CCN(C)c1cccc(F)c1[C@H](C)N. The lowest BCUT2D eigenvalue weighted by Gasteiger charge is -2.25. The van der Waals surface area contributed by atoms with E-state index in [2.05, 4.69) is 18.7 Å². The van der Waals surface area contributed by atoms with Crippen LogP contribution < -0.4 is 10.6 Å². The smallest absolute Gasteiger partial charge is 0.130 e. The highest BCUT2D eigenvalue weighted by Gasteiger charge is 2.15. The molecular formula is C14H23FN2. The highest BCUT2D eigenvalue weighted by Crippen LogP contribution is 2.27. The molecule has 0 aromatic heterocycles. The molecule has 0 saturated carbocycles. The van der Waals surface area contributed by atoms with Gasteiger partial charge in [0.25, 0.3) is 0 Å². The lowest BCUT2D eigenvalue weighted by atomic mass is 10.0. The molecule has 96 valence electrons. The Bertz CT molecular complexity index is 361. The summed E-state index contributed by atoms with van der Waals surface area (Å²) in [6, 6.07) is 4.86. The molecular weight excluding hydrogens is 215 g/mol. The van der Waals surface area contributed by atoms with Gasteiger partial charge < -0.3 is 10.6 Å². The van der Waals surface area contributed by atoms with Gasteiger partial charge in [-0.2, -0.15) is 0 Å². The number of halogens is 1. The number of nitrogens with two attached hydrogens (primary N) is 1. The van der Waals surface area contributed by atoms with Crippen molar-refractivity contribution in [1.29, 1.82) is 0 Å². The van der Waals surface area contributed by atoms with Gasteiger partial charge in [0.15, 0.2) is 0 Å². The van der Waals surface area contributed by atoms with E-state index in [4.69, 9.17) is 5.73 Å². The Hall–Kier alpha value is -1.09. The number of hydrogen-bond acceptors (Lipinski definition) is 2. The maximum absolute atomic E-state index is 13.8. The van der Waals surface area contributed by atoms with Crippen LogP contribution in [0.4, 0.5) is 10.1 Å². The first-order valence-corrected chi connectivity index (χ1v) is 6.18. The number of hydrogen-bond donors (Lipinski definition) is 1. The van der Waals surface area contributed by atoms with E-state index in [1.807, 2.05) is 20.0 Å². The van der Waals surface area contributed by atoms with E-state index in [1.165, 1.54) is 6.07 Å². The summed E-state index contributed by atoms with van der Waals surface area (Å²) in [5, 5.41) is 0. The summed E-state index contributed by atoms with van der Waals surface area (Å²) in [5.41, 5.74) is 7.36. The standard InChI is InChI=1S/C14H23FN2/c1-10(2)8-9-17(4)13-7-5-6-12(15)14(13)11(3)16/h5-7,10-11H,8-9,16H2,1-4H3/t11-/m0/s1. The molecule has 0 heterocycles. The van der Waals surface area contributed by atoms with Gasteiger partial charge in [0.2, 0.25) is 0 Å². The third kappa shape index (κ3) is 3.70. The summed E-state index contributed by atoms with van der Waals surface area (Å²) >= 11 is 0. The van der Waals surface area contributed by atoms with E-state index in [1.54, 1.807) is 6.07 Å². The Morgan fingerprint density at radius 2 is 1.94 bits per heavy atom. The first-order valence-electron chi connectivity index (χ1n) is 6.18. The second-order valence-electron chi connectivity index (χ2n) is 5.07. The minimum atomic E-state index is -0.285. The molecule has 0 aliphatic heterocycles. The topological polar surface area (TPSA) is 29.3 Å². The van der Waals surface area contributed by atoms with Crippen LogP contribution in [-0.4, -0.2) is 13.6 Å². The summed E-state index contributed by atoms with van der Waals surface area (Å²) in [6.45, 7) is 7.11. The molecule has 0 aliphatic carbocycles. The Morgan fingerprint density at radius 1 is 1.29 bits per heavy atom. The molecule has 1 aromatic carbocycles. The van der Waals surface area contributed by atoms with Crippen LogP contribution >= 0.6 is 0 Å². The average molecular weight is 238 g/mol. The van der Waals surface area contributed by atoms with Crippen LogP contribution in [0.2, 0.25) is 0 Å². The molecule has 0 amide bonds. The van der Waals surface area contributed by atoms with Gasteiger partial charge in [-0.1, -0.05) is 19.9 Å². The van der Waals surface area contributed by atoms with Crippen molar-refractivity contribution in [1.82, 2.24) is 0 Å². The Kier molecular flexibility index (Phi) is 4.94. The molecule has 2 nitrogen and oxygen atoms in total. The molecule has 0 saturated heterocycles. The fourth-order valence-corrected chi connectivity index (χ4v) is 1.88. The minimum absolute atomic E-state index is 0.214. The normalized spacial score (nSPS) is 12.9. The fourth-order valence-electron chi connectivity index (χ4n) is 1.88. The van der Waals surface area contributed by atoms with E-state index in [0.717, 1.165) is 18.7 Å². The summed E-state index contributed by atoms with van der Waals surface area (Å²) in [4.78, 5) is 2.09. The van der Waals surface area contributed by atoms with Crippen molar-refractivity contribution in [2.45, 2.75) is 33.2 Å². The second kappa shape index (κ2) is 6.01. The molecule has 1 aromatic rings. The first-order chi connectivity index (χ1) is 7.93. The van der Waals surface area contributed by atoms with Gasteiger partial charge in [-0.05, 0) is 31.4 Å². The zero-order valence-electron chi connectivity index (χ0n) is 11.2. The van der Waals surface area contributed by atoms with Crippen LogP contribution in [0, 0.1) is 11.7 Å². The predicted molar refractivity (Wildman–Crippen MR) is 71.7 cm³/mol. The molecule has 0 fully saturated rings. The quantitative estimate of drug-likeness (QED) is 0.852. The number of nitrogens with zero attached hydrogens (tertiary/aromatic N) is 1. The van der Waals surface area contributed by atoms with Crippen LogP contribution in [-0.2, 0) is 0 Å². The lowest BCUT2D eigenvalue weighted by molar-refractivity contribution is 0.575. The molecule has 0 bridgehead atoms. The zero-order chi connectivity index (χ0) is 13.0. The number of rotatable bonds is 5. The van der Waals surface area contributed by atoms with Gasteiger partial charge in [-0.15, -0.1) is 0 Å². The molecule has 0 aliphatic rings. The summed E-state index contributed by atoms with van der Waals surface area (Å²) in [6.07, 6.45) is 1.09. The second-order valence-corrected chi connectivity index (χ2v) is 5.07. The lowest BCUT2D eigenvalue weighted by Crippen LogP contribution is -2.23. The van der Waals surface area contributed by atoms with Gasteiger partial charge in [0, 0.05) is 30.9 Å². The van der Waals surface area contributed by atoms with Crippen LogP contribution in [0.1, 0.15) is 38.8 Å². The van der Waals surface area contributed by atoms with Crippen molar-refractivity contribution in [3.05, 3.63) is 29.6 Å². The highest BCUT2D eigenvalue weighted by molar-refractivity contribution is 5.54. The van der Waals surface area contributed by atoms with Crippen molar-refractivity contribution in [3.63, 3.8) is 0 Å². The fraction of sp³-hybridized carbons (Fsp3) is 0.571. The third-order valence-electron chi connectivity index (χ3n) is 2.94. The monoisotopic (exact) mass is 238 g/mol. The van der Waals surface area contributed by atoms with Gasteiger partial charge in [-0.3, -0.25) is 0 Å². The highest BCUT2D eigenvalue weighted by atomic mass is 19.1. The Balaban J connectivity index is 2.92. The van der Waals surface area contributed by atoms with E-state index in [0.29, 0.717) is 11.5 Å². The molecule has 0 spiro atoms. The largest absolute Gasteiger partial charge is 0.374 e. The molecule has 2 N–H and O–H groups in total. The molecule has 17 heavy (non-hydrogen) atoms.